The molecule has 2 N–H and O–H groups in total. The molecule has 1 fully saturated rings. The van der Waals surface area contributed by atoms with E-state index in [4.69, 9.17) is 0 Å². The number of nitrogens with one attached hydrogen (secondary N) is 2. The van der Waals surface area contributed by atoms with Gasteiger partial charge < -0.3 is 10.6 Å². The molecular formula is C27H30N4O2. The van der Waals surface area contributed by atoms with Crippen molar-refractivity contribution in [2.24, 2.45) is 11.8 Å². The van der Waals surface area contributed by atoms with Crippen molar-refractivity contribution in [3.63, 3.8) is 0 Å². The third-order valence-corrected chi connectivity index (χ3v) is 6.41. The first kappa shape index (κ1) is 22.6. The largest absolute Gasteiger partial charge is 0.355 e. The third kappa shape index (κ3) is 4.95. The van der Waals surface area contributed by atoms with E-state index in [1.54, 1.807) is 18.6 Å². The number of aromatic nitrogens is 2. The summed E-state index contributed by atoms with van der Waals surface area (Å²) in [7, 11) is 0. The minimum atomic E-state index is -0.295. The van der Waals surface area contributed by atoms with Crippen LogP contribution in [0.3, 0.4) is 0 Å². The molecule has 0 aliphatic carbocycles. The topological polar surface area (TPSA) is 84.0 Å². The van der Waals surface area contributed by atoms with Crippen molar-refractivity contribution < 1.29 is 9.59 Å². The van der Waals surface area contributed by atoms with Gasteiger partial charge in [-0.15, -0.1) is 0 Å². The van der Waals surface area contributed by atoms with Crippen molar-refractivity contribution in [2.75, 3.05) is 6.54 Å². The molecule has 0 saturated carbocycles. The van der Waals surface area contributed by atoms with Crippen molar-refractivity contribution in [3.8, 4) is 11.1 Å². The zero-order valence-electron chi connectivity index (χ0n) is 19.5. The van der Waals surface area contributed by atoms with Crippen LogP contribution >= 0.6 is 0 Å². The Hall–Kier alpha value is -3.54. The molecule has 170 valence electrons. The molecule has 3 atom stereocenters. The van der Waals surface area contributed by atoms with E-state index in [1.165, 1.54) is 5.56 Å². The van der Waals surface area contributed by atoms with Crippen molar-refractivity contribution >= 4 is 11.8 Å². The summed E-state index contributed by atoms with van der Waals surface area (Å²) in [4.78, 5) is 34.4. The Balaban J connectivity index is 1.73. The smallest absolute Gasteiger partial charge is 0.251 e. The van der Waals surface area contributed by atoms with Crippen LogP contribution in [0.5, 0.6) is 0 Å². The summed E-state index contributed by atoms with van der Waals surface area (Å²) in [6, 6.07) is 13.7. The van der Waals surface area contributed by atoms with Crippen LogP contribution in [0.15, 0.2) is 61.1 Å². The third-order valence-electron chi connectivity index (χ3n) is 6.41. The lowest BCUT2D eigenvalue weighted by atomic mass is 9.80. The van der Waals surface area contributed by atoms with Gasteiger partial charge in [0.2, 0.25) is 5.91 Å². The second-order valence-electron chi connectivity index (χ2n) is 9.17. The second-order valence-corrected chi connectivity index (χ2v) is 9.17. The van der Waals surface area contributed by atoms with Crippen molar-refractivity contribution in [1.29, 1.82) is 0 Å². The first-order chi connectivity index (χ1) is 15.8. The highest BCUT2D eigenvalue weighted by atomic mass is 16.2. The fourth-order valence-electron chi connectivity index (χ4n) is 4.42. The van der Waals surface area contributed by atoms with Gasteiger partial charge in [0, 0.05) is 24.5 Å². The SMILES string of the molecule is Cc1ccc(-c2cc(C(=O)NC(C)c3cnccn3)cc([C@H]3C(=O)NCC3C(C)C)c2)cc1. The van der Waals surface area contributed by atoms with Crippen molar-refractivity contribution in [1.82, 2.24) is 20.6 Å². The van der Waals surface area contributed by atoms with E-state index >= 15 is 0 Å². The highest BCUT2D eigenvalue weighted by molar-refractivity contribution is 5.97. The van der Waals surface area contributed by atoms with Gasteiger partial charge in [0.1, 0.15) is 0 Å². The highest BCUT2D eigenvalue weighted by Gasteiger charge is 2.38. The number of aryl methyl sites for hydroxylation is 1. The minimum Gasteiger partial charge on any atom is -0.355 e. The Labute approximate surface area is 194 Å². The van der Waals surface area contributed by atoms with Gasteiger partial charge in [0.25, 0.3) is 5.91 Å². The van der Waals surface area contributed by atoms with Crippen LogP contribution in [0, 0.1) is 18.8 Å². The summed E-state index contributed by atoms with van der Waals surface area (Å²) in [5.74, 6) is 0.0578. The zero-order chi connectivity index (χ0) is 23.5. The number of hydrogen-bond acceptors (Lipinski definition) is 4. The predicted octanol–water partition coefficient (Wildman–Crippen LogP) is 4.43. The molecule has 1 aromatic heterocycles. The van der Waals surface area contributed by atoms with Gasteiger partial charge in [-0.3, -0.25) is 19.6 Å². The van der Waals surface area contributed by atoms with Gasteiger partial charge >= 0.3 is 0 Å². The zero-order valence-corrected chi connectivity index (χ0v) is 19.5. The summed E-state index contributed by atoms with van der Waals surface area (Å²) in [6.45, 7) is 8.85. The average Bonchev–Trinajstić information content (AvgIpc) is 3.21. The van der Waals surface area contributed by atoms with Gasteiger partial charge in [-0.2, -0.15) is 0 Å². The summed E-state index contributed by atoms with van der Waals surface area (Å²) in [6.07, 6.45) is 4.86. The van der Waals surface area contributed by atoms with Crippen molar-refractivity contribution in [2.45, 2.75) is 39.7 Å². The van der Waals surface area contributed by atoms with Crippen LogP contribution in [-0.4, -0.2) is 28.3 Å². The fourth-order valence-corrected chi connectivity index (χ4v) is 4.42. The molecule has 0 radical (unpaired) electrons. The van der Waals surface area contributed by atoms with Crippen LogP contribution < -0.4 is 10.6 Å². The molecule has 0 spiro atoms. The van der Waals surface area contributed by atoms with E-state index in [0.29, 0.717) is 23.7 Å². The van der Waals surface area contributed by atoms with E-state index in [-0.39, 0.29) is 29.7 Å². The maximum Gasteiger partial charge on any atom is 0.251 e. The Morgan fingerprint density at radius 1 is 1.06 bits per heavy atom. The molecule has 33 heavy (non-hydrogen) atoms. The van der Waals surface area contributed by atoms with Crippen molar-refractivity contribution in [3.05, 3.63) is 83.4 Å². The molecule has 6 nitrogen and oxygen atoms in total. The Morgan fingerprint density at radius 3 is 2.48 bits per heavy atom. The molecule has 1 saturated heterocycles. The van der Waals surface area contributed by atoms with E-state index in [9.17, 15) is 9.59 Å². The quantitative estimate of drug-likeness (QED) is 0.592. The molecule has 1 aliphatic heterocycles. The molecule has 0 bridgehead atoms. The second kappa shape index (κ2) is 9.53. The van der Waals surface area contributed by atoms with E-state index in [0.717, 1.165) is 16.7 Å². The molecule has 2 heterocycles. The molecule has 2 aromatic carbocycles. The standard InChI is InChI=1S/C27H30N4O2/c1-16(2)23-14-30-27(33)25(23)21-11-20(19-7-5-17(3)6-8-19)12-22(13-21)26(32)31-18(4)24-15-28-9-10-29-24/h5-13,15-16,18,23,25H,14H2,1-4H3,(H,30,33)(H,31,32)/t18?,23?,25-/m1/s1. The lowest BCUT2D eigenvalue weighted by Crippen LogP contribution is -2.28. The van der Waals surface area contributed by atoms with Crippen LogP contribution in [0.4, 0.5) is 0 Å². The number of amides is 2. The number of carbonyl (C=O) groups is 2. The van der Waals surface area contributed by atoms with Crippen LogP contribution in [0.1, 0.15) is 59.9 Å². The van der Waals surface area contributed by atoms with Crippen LogP contribution in [-0.2, 0) is 4.79 Å². The van der Waals surface area contributed by atoms with E-state index < -0.39 is 0 Å². The fraction of sp³-hybridized carbons (Fsp3) is 0.333. The normalized spacial score (nSPS) is 18.8. The first-order valence-corrected chi connectivity index (χ1v) is 11.4. The predicted molar refractivity (Wildman–Crippen MR) is 129 cm³/mol. The average molecular weight is 443 g/mol. The Morgan fingerprint density at radius 2 is 1.82 bits per heavy atom. The summed E-state index contributed by atoms with van der Waals surface area (Å²) in [5.41, 5.74) is 5.20. The summed E-state index contributed by atoms with van der Waals surface area (Å²) < 4.78 is 0. The number of rotatable bonds is 6. The monoisotopic (exact) mass is 442 g/mol. The molecule has 4 rings (SSSR count). The van der Waals surface area contributed by atoms with Crippen LogP contribution in [0.25, 0.3) is 11.1 Å². The molecule has 3 aromatic rings. The lowest BCUT2D eigenvalue weighted by molar-refractivity contribution is -0.120. The number of nitrogens with zero attached hydrogens (tertiary/aromatic N) is 2. The maximum absolute atomic E-state index is 13.3. The number of carbonyl (C=O) groups excluding carboxylic acids is 2. The number of hydrogen-bond donors (Lipinski definition) is 2. The van der Waals surface area contributed by atoms with Gasteiger partial charge in [0.15, 0.2) is 0 Å². The molecular weight excluding hydrogens is 412 g/mol. The number of benzene rings is 2. The summed E-state index contributed by atoms with van der Waals surface area (Å²) in [5, 5.41) is 6.04. The molecule has 6 heteroatoms. The van der Waals surface area contributed by atoms with E-state index in [1.807, 2.05) is 38.1 Å². The summed E-state index contributed by atoms with van der Waals surface area (Å²) >= 11 is 0. The Bertz CT molecular complexity index is 1140. The lowest BCUT2D eigenvalue weighted by Gasteiger charge is -2.22. The van der Waals surface area contributed by atoms with Gasteiger partial charge in [0.05, 0.1) is 23.9 Å². The molecule has 1 aliphatic rings. The Kier molecular flexibility index (Phi) is 6.54. The molecule has 2 unspecified atom stereocenters. The van der Waals surface area contributed by atoms with Gasteiger partial charge in [-0.1, -0.05) is 49.7 Å². The minimum absolute atomic E-state index is 0.0223. The van der Waals surface area contributed by atoms with Gasteiger partial charge in [-0.05, 0) is 54.5 Å². The maximum atomic E-state index is 13.3. The van der Waals surface area contributed by atoms with E-state index in [2.05, 4.69) is 52.6 Å². The molecule has 2 amide bonds. The highest BCUT2D eigenvalue weighted by Crippen LogP contribution is 2.36. The van der Waals surface area contributed by atoms with Gasteiger partial charge in [-0.25, -0.2) is 0 Å². The first-order valence-electron chi connectivity index (χ1n) is 11.4. The van der Waals surface area contributed by atoms with Crippen LogP contribution in [0.2, 0.25) is 0 Å².